The summed E-state index contributed by atoms with van der Waals surface area (Å²) in [5, 5.41) is 39.0. The number of fused-ring (bicyclic) bond motifs is 5. The van der Waals surface area contributed by atoms with Crippen LogP contribution in [0.15, 0.2) is 108 Å². The molecule has 308 valence electrons. The number of aromatic nitrogens is 6. The number of hydrogen-bond donors (Lipinski definition) is 3. The maximum atomic E-state index is 13.1. The molecule has 0 unspecified atom stereocenters. The normalized spacial score (nSPS) is 11.9. The third-order valence-electron chi connectivity index (χ3n) is 10.3. The van der Waals surface area contributed by atoms with Crippen molar-refractivity contribution in [2.24, 2.45) is 7.05 Å². The quantitative estimate of drug-likeness (QED) is 0.109. The molecule has 15 nitrogen and oxygen atoms in total. The van der Waals surface area contributed by atoms with Crippen molar-refractivity contribution in [1.29, 1.82) is 0 Å². The molecule has 0 saturated carbocycles. The van der Waals surface area contributed by atoms with E-state index in [1.807, 2.05) is 18.2 Å². The molecule has 2 amide bonds. The van der Waals surface area contributed by atoms with Crippen molar-refractivity contribution in [2.75, 3.05) is 10.6 Å². The minimum absolute atomic E-state index is 0.0367. The second-order valence-electron chi connectivity index (χ2n) is 14.8. The Labute approximate surface area is 357 Å². The summed E-state index contributed by atoms with van der Waals surface area (Å²) in [5.74, 6) is 0.433. The lowest BCUT2D eigenvalue weighted by molar-refractivity contribution is -0.268. The SMILES string of the molecule is C=c1ccc2c(c1)Oc1cc([O-])ccc1C=2c1ccc(CC(=S)CCCC(=O)Cc2ccc(NC(=O)Nc3nc4nn(C)cc4c4nc(-c5ccco5)nn34)cc2)cc1C(=O)O. The highest BCUT2D eigenvalue weighted by atomic mass is 32.1. The largest absolute Gasteiger partial charge is 0.872 e. The number of rotatable bonds is 13. The number of carboxylic acids is 1. The Morgan fingerprint density at radius 2 is 1.68 bits per heavy atom. The number of hydrogen-bond acceptors (Lipinski definition) is 11. The minimum Gasteiger partial charge on any atom is -0.872 e. The molecule has 62 heavy (non-hydrogen) atoms. The van der Waals surface area contributed by atoms with Gasteiger partial charge in [-0.1, -0.05) is 67.3 Å². The van der Waals surface area contributed by atoms with Gasteiger partial charge in [-0.05, 0) is 82.1 Å². The van der Waals surface area contributed by atoms with E-state index in [1.165, 1.54) is 22.9 Å². The van der Waals surface area contributed by atoms with Crippen LogP contribution in [-0.4, -0.2) is 57.1 Å². The summed E-state index contributed by atoms with van der Waals surface area (Å²) in [7, 11) is 1.76. The van der Waals surface area contributed by atoms with Crippen LogP contribution < -0.4 is 30.9 Å². The average Bonchev–Trinajstić information content (AvgIpc) is 4.01. The smallest absolute Gasteiger partial charge is 0.336 e. The Balaban J connectivity index is 0.800. The number of carbonyl (C=O) groups excluding carboxylic acids is 2. The van der Waals surface area contributed by atoms with Crippen LogP contribution in [0.25, 0.3) is 40.4 Å². The highest BCUT2D eigenvalue weighted by molar-refractivity contribution is 7.80. The Morgan fingerprint density at radius 3 is 2.47 bits per heavy atom. The van der Waals surface area contributed by atoms with Crippen LogP contribution in [-0.2, 0) is 24.7 Å². The van der Waals surface area contributed by atoms with Gasteiger partial charge in [0.15, 0.2) is 17.1 Å². The molecule has 1 aliphatic rings. The van der Waals surface area contributed by atoms with Crippen LogP contribution in [0.2, 0.25) is 0 Å². The van der Waals surface area contributed by atoms with Gasteiger partial charge in [0.25, 0.3) is 0 Å². The lowest BCUT2D eigenvalue weighted by Crippen LogP contribution is -2.22. The van der Waals surface area contributed by atoms with Crippen molar-refractivity contribution in [3.63, 3.8) is 0 Å². The molecular weight excluding hydrogens is 809 g/mol. The number of aryl methyl sites for hydroxylation is 1. The van der Waals surface area contributed by atoms with Gasteiger partial charge in [-0.2, -0.15) is 14.6 Å². The summed E-state index contributed by atoms with van der Waals surface area (Å²) in [6, 6.07) is 25.0. The van der Waals surface area contributed by atoms with Crippen molar-refractivity contribution >= 4 is 75.3 Å². The van der Waals surface area contributed by atoms with Gasteiger partial charge in [-0.25, -0.2) is 14.6 Å². The third-order valence-corrected chi connectivity index (χ3v) is 10.7. The molecule has 4 aromatic carbocycles. The van der Waals surface area contributed by atoms with Crippen LogP contribution in [0.1, 0.15) is 51.9 Å². The first-order chi connectivity index (χ1) is 29.9. The maximum absolute atomic E-state index is 13.1. The number of carbonyl (C=O) groups is 3. The molecule has 4 aromatic heterocycles. The molecule has 0 atom stereocenters. The third kappa shape index (κ3) is 8.01. The van der Waals surface area contributed by atoms with Crippen molar-refractivity contribution in [1.82, 2.24) is 29.4 Å². The van der Waals surface area contributed by atoms with E-state index in [9.17, 15) is 24.6 Å². The molecule has 9 rings (SSSR count). The molecule has 0 fully saturated rings. The minimum atomic E-state index is -1.10. The number of Topliss-reactive ketones (excluding diaryl/α,β-unsaturated/α-hetero) is 1. The van der Waals surface area contributed by atoms with E-state index in [1.54, 1.807) is 78.6 Å². The Hall–Kier alpha value is -7.98. The molecule has 0 bridgehead atoms. The zero-order valence-electron chi connectivity index (χ0n) is 33.0. The summed E-state index contributed by atoms with van der Waals surface area (Å²) in [6.45, 7) is 3.97. The second kappa shape index (κ2) is 16.2. The van der Waals surface area contributed by atoms with Gasteiger partial charge in [0.05, 0.1) is 17.2 Å². The van der Waals surface area contributed by atoms with Crippen LogP contribution >= 0.6 is 12.2 Å². The summed E-state index contributed by atoms with van der Waals surface area (Å²) >= 11 is 5.69. The van der Waals surface area contributed by atoms with E-state index in [4.69, 9.17) is 21.4 Å². The number of thiocarbonyl (C=S) groups is 1. The highest BCUT2D eigenvalue weighted by Gasteiger charge is 2.24. The first-order valence-corrected chi connectivity index (χ1v) is 19.9. The van der Waals surface area contributed by atoms with Crippen molar-refractivity contribution in [3.05, 3.63) is 142 Å². The van der Waals surface area contributed by atoms with Crippen LogP contribution in [0, 0.1) is 0 Å². The number of amides is 2. The lowest BCUT2D eigenvalue weighted by Gasteiger charge is -2.23. The van der Waals surface area contributed by atoms with Crippen LogP contribution in [0.4, 0.5) is 16.4 Å². The number of carboxylic acid groups (broad SMARTS) is 1. The number of benzene rings is 4. The Kier molecular flexibility index (Phi) is 10.3. The van der Waals surface area contributed by atoms with E-state index in [-0.39, 0.29) is 29.5 Å². The molecule has 16 heteroatoms. The van der Waals surface area contributed by atoms with E-state index in [0.717, 1.165) is 11.1 Å². The van der Waals surface area contributed by atoms with E-state index >= 15 is 0 Å². The van der Waals surface area contributed by atoms with Crippen LogP contribution in [0.5, 0.6) is 17.2 Å². The van der Waals surface area contributed by atoms with Crippen molar-refractivity contribution < 1.29 is 33.8 Å². The van der Waals surface area contributed by atoms with E-state index < -0.39 is 12.0 Å². The number of nitrogens with one attached hydrogen (secondary N) is 2. The van der Waals surface area contributed by atoms with E-state index in [2.05, 4.69) is 37.4 Å². The number of nitrogens with zero attached hydrogens (tertiary/aromatic N) is 6. The fourth-order valence-corrected chi connectivity index (χ4v) is 7.79. The average molecular weight is 844 g/mol. The van der Waals surface area contributed by atoms with Gasteiger partial charge < -0.3 is 24.7 Å². The molecule has 0 saturated heterocycles. The summed E-state index contributed by atoms with van der Waals surface area (Å²) in [4.78, 5) is 48.5. The van der Waals surface area contributed by atoms with Gasteiger partial charge >= 0.3 is 12.0 Å². The molecule has 3 N–H and O–H groups in total. The molecule has 8 aromatic rings. The topological polar surface area (TPSA) is 202 Å². The van der Waals surface area contributed by atoms with Gasteiger partial charge in [0.1, 0.15) is 17.3 Å². The number of anilines is 2. The number of ether oxygens (including phenoxy) is 1. The fraction of sp³-hybridized carbons (Fsp3) is 0.130. The van der Waals surface area contributed by atoms with Gasteiger partial charge in [0.2, 0.25) is 11.8 Å². The molecule has 1 aliphatic heterocycles. The number of urea groups is 1. The first-order valence-electron chi connectivity index (χ1n) is 19.5. The Morgan fingerprint density at radius 1 is 0.871 bits per heavy atom. The summed E-state index contributed by atoms with van der Waals surface area (Å²) in [5.41, 5.74) is 4.68. The van der Waals surface area contributed by atoms with Gasteiger partial charge in [-0.3, -0.25) is 14.8 Å². The predicted octanol–water partition coefficient (Wildman–Crippen LogP) is 6.34. The zero-order valence-corrected chi connectivity index (χ0v) is 33.9. The standard InChI is InChI=1S/C46H36N8O7S/c1-25-8-15-33-38(19-25)61-39-23-30(56)14-17-34(39)40(33)32-16-11-27(22-35(32)44(57)58)21-31(62)6-3-5-29(55)20-26-9-12-28(13-10-26)47-46(59)50-45-49-41-36(24-53(2)51-41)43-48-42(52-54(43)45)37-7-4-18-60-37/h4,7-19,22-24,56H,1,3,5-6,20-21H2,2H3,(H,57,58)(H2,47,49,50,51,59)/p-1. The first kappa shape index (κ1) is 39.5. The van der Waals surface area contributed by atoms with E-state index in [0.29, 0.717) is 103 Å². The second-order valence-corrected chi connectivity index (χ2v) is 15.4. The number of aromatic carboxylic acids is 1. The zero-order chi connectivity index (χ0) is 43.1. The van der Waals surface area contributed by atoms with Crippen molar-refractivity contribution in [3.8, 4) is 28.8 Å². The molecule has 5 heterocycles. The maximum Gasteiger partial charge on any atom is 0.336 e. The van der Waals surface area contributed by atoms with Crippen LogP contribution in [0.3, 0.4) is 0 Å². The monoisotopic (exact) mass is 843 g/mol. The van der Waals surface area contributed by atoms with Crippen molar-refractivity contribution in [2.45, 2.75) is 32.1 Å². The summed E-state index contributed by atoms with van der Waals surface area (Å²) in [6.07, 6.45) is 5.23. The number of ketones is 1. The van der Waals surface area contributed by atoms with Gasteiger partial charge in [-0.15, -0.1) is 10.8 Å². The molecule has 0 aliphatic carbocycles. The number of furan rings is 1. The molecule has 0 spiro atoms. The molecule has 0 radical (unpaired) electrons. The lowest BCUT2D eigenvalue weighted by atomic mass is 9.88. The van der Waals surface area contributed by atoms with Gasteiger partial charge in [0, 0.05) is 54.5 Å². The predicted molar refractivity (Wildman–Crippen MR) is 233 cm³/mol. The molecular formula is C46H35N8O7S-. The fourth-order valence-electron chi connectivity index (χ4n) is 7.48. The summed E-state index contributed by atoms with van der Waals surface area (Å²) < 4.78 is 14.5. The Bertz CT molecular complexity index is 3230. The highest BCUT2D eigenvalue weighted by Crippen LogP contribution is 2.38.